The number of rotatable bonds is 0. The Morgan fingerprint density at radius 1 is 0.194 bits per heavy atom. The molecule has 0 aliphatic heterocycles. The molecule has 528 valence electrons. The summed E-state index contributed by atoms with van der Waals surface area (Å²) < 4.78 is 0. The molecule has 3 saturated carbocycles. The lowest BCUT2D eigenvalue weighted by Gasteiger charge is -2.33. The first-order valence-electron chi connectivity index (χ1n) is 34.3. The van der Waals surface area contributed by atoms with E-state index in [9.17, 15) is 0 Å². The summed E-state index contributed by atoms with van der Waals surface area (Å²) in [5.41, 5.74) is 2.17. The molecule has 0 atom stereocenters. The molecule has 0 aromatic heterocycles. The quantitative estimate of drug-likeness (QED) is 0.0900. The summed E-state index contributed by atoms with van der Waals surface area (Å²) in [5.74, 6) is 0. The molecule has 6 heteroatoms. The largest absolute Gasteiger partial charge is 0.400 e. The lowest BCUT2D eigenvalue weighted by molar-refractivity contribution is 0.190. The molecule has 93 heavy (non-hydrogen) atoms. The SMILES string of the molecule is CC.CC.CC.CC1(C)CCC1.CC1(C)CCC1.CC1(C)CCC1.CCC.CCC.CCC.CO.CO.CO.CO.CO.CO.c1ccc2ccccc2c1.c1ccc2ccccc2c1.c1ccc2ccccc2c1.c1ccccc1.c1ccccc1.c1ccccc1. The maximum atomic E-state index is 7.00. The fourth-order valence-corrected chi connectivity index (χ4v) is 7.21. The standard InChI is InChI=1S/3C10H8.3C6H12.3C6H6.3C3H8.3C2H6.6CH4O/c3*1-2-6-10-8-4-3-7-9(10)5-1;3*1-6(2)4-3-5-6;3*1-2-4-6-5-3-1;3*1-3-2;9*1-2/h3*1-8H;3*3-5H2,1-2H3;3*1-6H;3*3H2,1-2H3;3*1-2H3;6*2H,1H3. The van der Waals surface area contributed by atoms with Gasteiger partial charge in [0.25, 0.3) is 0 Å². The van der Waals surface area contributed by atoms with E-state index >= 15 is 0 Å². The van der Waals surface area contributed by atoms with Crippen LogP contribution in [0.1, 0.15) is 202 Å². The topological polar surface area (TPSA) is 121 Å². The summed E-state index contributed by atoms with van der Waals surface area (Å²) >= 11 is 0. The second kappa shape index (κ2) is 87.6. The summed E-state index contributed by atoms with van der Waals surface area (Å²) in [5, 5.41) is 49.9. The molecule has 0 radical (unpaired) electrons. The highest BCUT2D eigenvalue weighted by Gasteiger charge is 2.26. The van der Waals surface area contributed by atoms with Gasteiger partial charge in [0.15, 0.2) is 0 Å². The molecule has 6 N–H and O–H groups in total. The van der Waals surface area contributed by atoms with Crippen LogP contribution in [0.2, 0.25) is 0 Å². The summed E-state index contributed by atoms with van der Waals surface area (Å²) in [6.45, 7) is 38.7. The van der Waals surface area contributed by atoms with Gasteiger partial charge in [-0.3, -0.25) is 0 Å². The number of hydrogen-bond donors (Lipinski definition) is 6. The molecule has 0 bridgehead atoms. The Labute approximate surface area is 575 Å². The van der Waals surface area contributed by atoms with Gasteiger partial charge in [0, 0.05) is 42.7 Å². The summed E-state index contributed by atoms with van der Waals surface area (Å²) in [4.78, 5) is 0. The Morgan fingerprint density at radius 2 is 0.258 bits per heavy atom. The lowest BCUT2D eigenvalue weighted by Crippen LogP contribution is -2.20. The molecule has 0 heterocycles. The van der Waals surface area contributed by atoms with Crippen LogP contribution in [-0.4, -0.2) is 73.3 Å². The van der Waals surface area contributed by atoms with E-state index in [1.165, 1.54) is 109 Å². The third-order valence-electron chi connectivity index (χ3n) is 12.1. The van der Waals surface area contributed by atoms with Crippen LogP contribution in [0.25, 0.3) is 32.3 Å². The molecule has 9 aromatic carbocycles. The molecule has 0 saturated heterocycles. The van der Waals surface area contributed by atoms with Crippen molar-refractivity contribution in [2.45, 2.75) is 202 Å². The van der Waals surface area contributed by atoms with Crippen molar-refractivity contribution in [2.75, 3.05) is 42.7 Å². The van der Waals surface area contributed by atoms with E-state index in [1.54, 1.807) is 0 Å². The minimum Gasteiger partial charge on any atom is -0.400 e. The van der Waals surface area contributed by atoms with Gasteiger partial charge in [-0.1, -0.05) is 418 Å². The van der Waals surface area contributed by atoms with Crippen LogP contribution < -0.4 is 0 Å². The van der Waals surface area contributed by atoms with Crippen LogP contribution >= 0.6 is 0 Å². The Bertz CT molecular complexity index is 2030. The van der Waals surface area contributed by atoms with Crippen molar-refractivity contribution in [1.82, 2.24) is 0 Å². The van der Waals surface area contributed by atoms with E-state index in [2.05, 4.69) is 229 Å². The van der Waals surface area contributed by atoms with Gasteiger partial charge in [-0.2, -0.15) is 0 Å². The van der Waals surface area contributed by atoms with Crippen molar-refractivity contribution < 1.29 is 30.6 Å². The van der Waals surface area contributed by atoms with Crippen molar-refractivity contribution in [1.29, 1.82) is 0 Å². The Kier molecular flexibility index (Phi) is 99.2. The Balaban J connectivity index is -0.000000117. The number of benzene rings is 9. The van der Waals surface area contributed by atoms with E-state index in [0.29, 0.717) is 0 Å². The minimum atomic E-state index is 0.722. The molecular formula is C87H144O6. The number of aliphatic hydroxyl groups excluding tert-OH is 6. The molecule has 3 aliphatic carbocycles. The summed E-state index contributed by atoms with van der Waals surface area (Å²) in [6, 6.07) is 86.1. The van der Waals surface area contributed by atoms with Crippen LogP contribution in [0.3, 0.4) is 0 Å². The number of fused-ring (bicyclic) bond motifs is 3. The third-order valence-corrected chi connectivity index (χ3v) is 12.1. The first-order valence-corrected chi connectivity index (χ1v) is 34.3. The van der Waals surface area contributed by atoms with Gasteiger partial charge < -0.3 is 30.6 Å². The van der Waals surface area contributed by atoms with Gasteiger partial charge >= 0.3 is 0 Å². The normalized spacial score (nSPS) is 11.5. The molecule has 6 nitrogen and oxygen atoms in total. The van der Waals surface area contributed by atoms with Crippen LogP contribution in [-0.2, 0) is 0 Å². The van der Waals surface area contributed by atoms with E-state index in [4.69, 9.17) is 30.6 Å². The molecular weight excluding hydrogens is 1140 g/mol. The van der Waals surface area contributed by atoms with Gasteiger partial charge in [-0.05, 0) is 87.1 Å². The van der Waals surface area contributed by atoms with Crippen LogP contribution in [0, 0.1) is 16.2 Å². The van der Waals surface area contributed by atoms with Crippen molar-refractivity contribution >= 4 is 32.3 Å². The highest BCUT2D eigenvalue weighted by molar-refractivity contribution is 5.83. The highest BCUT2D eigenvalue weighted by atomic mass is 16.2. The van der Waals surface area contributed by atoms with Gasteiger partial charge in [-0.15, -0.1) is 0 Å². The Hall–Kier alpha value is -6.48. The van der Waals surface area contributed by atoms with Gasteiger partial charge in [0.05, 0.1) is 0 Å². The maximum Gasteiger partial charge on any atom is 0.0319 e. The zero-order chi connectivity index (χ0) is 73.1. The van der Waals surface area contributed by atoms with Gasteiger partial charge in [0.1, 0.15) is 0 Å². The van der Waals surface area contributed by atoms with Crippen LogP contribution in [0.15, 0.2) is 255 Å². The van der Waals surface area contributed by atoms with Gasteiger partial charge in [-0.25, -0.2) is 0 Å². The zero-order valence-corrected chi connectivity index (χ0v) is 63.9. The van der Waals surface area contributed by atoms with Crippen molar-refractivity contribution in [2.24, 2.45) is 16.2 Å². The first kappa shape index (κ1) is 105. The van der Waals surface area contributed by atoms with E-state index < -0.39 is 0 Å². The molecule has 0 unspecified atom stereocenters. The van der Waals surface area contributed by atoms with E-state index in [0.717, 1.165) is 58.9 Å². The average Bonchev–Trinajstić information content (AvgIpc) is 1.95. The van der Waals surface area contributed by atoms with E-state index in [-0.39, 0.29) is 0 Å². The molecule has 3 aliphatic rings. The smallest absolute Gasteiger partial charge is 0.0319 e. The molecule has 0 spiro atoms. The van der Waals surface area contributed by atoms with Crippen molar-refractivity contribution in [3.8, 4) is 0 Å². The monoisotopic (exact) mass is 1290 g/mol. The van der Waals surface area contributed by atoms with Crippen LogP contribution in [0.4, 0.5) is 0 Å². The number of aliphatic hydroxyl groups is 6. The molecule has 9 aromatic rings. The Morgan fingerprint density at radius 3 is 0.301 bits per heavy atom. The molecule has 12 rings (SSSR count). The zero-order valence-electron chi connectivity index (χ0n) is 63.9. The van der Waals surface area contributed by atoms with Crippen molar-refractivity contribution in [3.05, 3.63) is 255 Å². The van der Waals surface area contributed by atoms with Crippen molar-refractivity contribution in [3.63, 3.8) is 0 Å². The van der Waals surface area contributed by atoms with Crippen LogP contribution in [0.5, 0.6) is 0 Å². The first-order chi connectivity index (χ1) is 45.3. The minimum absolute atomic E-state index is 0.722. The average molecular weight is 1290 g/mol. The number of hydrogen-bond acceptors (Lipinski definition) is 6. The second-order valence-electron chi connectivity index (χ2n) is 21.7. The fourth-order valence-electron chi connectivity index (χ4n) is 7.21. The molecule has 3 fully saturated rings. The third kappa shape index (κ3) is 74.4. The summed E-state index contributed by atoms with van der Waals surface area (Å²) in [7, 11) is 6.00. The predicted octanol–water partition coefficient (Wildman–Crippen LogP) is 25.1. The second-order valence-corrected chi connectivity index (χ2v) is 21.7. The highest BCUT2D eigenvalue weighted by Crippen LogP contribution is 2.40. The predicted molar refractivity (Wildman–Crippen MR) is 425 cm³/mol. The van der Waals surface area contributed by atoms with Gasteiger partial charge in [0.2, 0.25) is 0 Å². The van der Waals surface area contributed by atoms with E-state index in [1.807, 2.05) is 151 Å². The fraction of sp³-hybridized carbons (Fsp3) is 0.448. The lowest BCUT2D eigenvalue weighted by atomic mass is 9.72. The molecule has 0 amide bonds. The summed E-state index contributed by atoms with van der Waals surface area (Å²) in [6.07, 6.45) is 16.9. The maximum absolute atomic E-state index is 7.00.